The van der Waals surface area contributed by atoms with Crippen LogP contribution in [-0.2, 0) is 23.9 Å². The normalized spacial score (nSPS) is 22.1. The van der Waals surface area contributed by atoms with Crippen molar-refractivity contribution in [1.29, 1.82) is 0 Å². The molecule has 0 aromatic heterocycles. The monoisotopic (exact) mass is 400 g/mol. The lowest BCUT2D eigenvalue weighted by Gasteiger charge is -2.19. The number of ketones is 1. The van der Waals surface area contributed by atoms with Crippen molar-refractivity contribution in [3.63, 3.8) is 0 Å². The van der Waals surface area contributed by atoms with Gasteiger partial charge in [0.1, 0.15) is 6.54 Å². The number of fused-ring (bicyclic) bond motifs is 1. The Balaban J connectivity index is 1.53. The van der Waals surface area contributed by atoms with Gasteiger partial charge in [0.05, 0.1) is 11.8 Å². The number of rotatable bonds is 6. The van der Waals surface area contributed by atoms with Crippen LogP contribution in [0.25, 0.3) is 0 Å². The van der Waals surface area contributed by atoms with Crippen LogP contribution in [0.4, 0.5) is 5.69 Å². The molecule has 2 aliphatic rings. The number of nitrogens with one attached hydrogen (secondary N) is 1. The van der Waals surface area contributed by atoms with Crippen molar-refractivity contribution in [2.45, 2.75) is 45.6 Å². The predicted molar refractivity (Wildman–Crippen MR) is 103 cm³/mol. The first-order chi connectivity index (χ1) is 13.8. The molecule has 8 nitrogen and oxygen atoms in total. The standard InChI is InChI=1S/C21H24N2O6/c1-12(24)14-7-9-15(10-8-14)22-19(26)13(2)29-18(25)11-23-20(27)16-5-3-4-6-17(16)21(23)28/h7-10,13,16-17H,3-6,11H2,1-2H3,(H,22,26)/t13-,16-,17+/m1/s1. The van der Waals surface area contributed by atoms with E-state index in [1.54, 1.807) is 24.3 Å². The van der Waals surface area contributed by atoms with E-state index in [2.05, 4.69) is 5.32 Å². The number of Topliss-reactive ketones (excluding diaryl/α,β-unsaturated/α-hetero) is 1. The molecule has 1 aliphatic heterocycles. The van der Waals surface area contributed by atoms with Crippen LogP contribution in [0.15, 0.2) is 24.3 Å². The number of ether oxygens (including phenoxy) is 1. The van der Waals surface area contributed by atoms with E-state index in [-0.39, 0.29) is 29.4 Å². The van der Waals surface area contributed by atoms with Gasteiger partial charge in [0.2, 0.25) is 11.8 Å². The van der Waals surface area contributed by atoms with Gasteiger partial charge in [0.15, 0.2) is 11.9 Å². The van der Waals surface area contributed by atoms with E-state index >= 15 is 0 Å². The third-order valence-corrected chi connectivity index (χ3v) is 5.46. The van der Waals surface area contributed by atoms with Gasteiger partial charge in [-0.1, -0.05) is 12.8 Å². The molecule has 1 N–H and O–H groups in total. The zero-order valence-corrected chi connectivity index (χ0v) is 16.5. The lowest BCUT2D eigenvalue weighted by molar-refractivity contribution is -0.158. The van der Waals surface area contributed by atoms with Crippen molar-refractivity contribution in [3.05, 3.63) is 29.8 Å². The van der Waals surface area contributed by atoms with Gasteiger partial charge >= 0.3 is 5.97 Å². The van der Waals surface area contributed by atoms with Gasteiger partial charge in [-0.2, -0.15) is 0 Å². The molecule has 0 bridgehead atoms. The van der Waals surface area contributed by atoms with Gasteiger partial charge in [-0.25, -0.2) is 0 Å². The molecule has 29 heavy (non-hydrogen) atoms. The number of anilines is 1. The van der Waals surface area contributed by atoms with E-state index in [0.717, 1.165) is 17.7 Å². The number of likely N-dealkylation sites (tertiary alicyclic amines) is 1. The Hall–Kier alpha value is -3.03. The lowest BCUT2D eigenvalue weighted by atomic mass is 9.81. The quantitative estimate of drug-likeness (QED) is 0.444. The molecule has 154 valence electrons. The summed E-state index contributed by atoms with van der Waals surface area (Å²) in [6.07, 6.45) is 2.04. The number of imide groups is 1. The summed E-state index contributed by atoms with van der Waals surface area (Å²) >= 11 is 0. The first-order valence-electron chi connectivity index (χ1n) is 9.74. The average molecular weight is 400 g/mol. The number of hydrogen-bond donors (Lipinski definition) is 1. The fourth-order valence-electron chi connectivity index (χ4n) is 3.84. The molecule has 1 heterocycles. The third kappa shape index (κ3) is 4.52. The van der Waals surface area contributed by atoms with Crippen LogP contribution in [0.3, 0.4) is 0 Å². The molecule has 0 unspecified atom stereocenters. The Kier molecular flexibility index (Phi) is 6.10. The van der Waals surface area contributed by atoms with Crippen LogP contribution in [0.5, 0.6) is 0 Å². The highest BCUT2D eigenvalue weighted by molar-refractivity contribution is 6.07. The first-order valence-corrected chi connectivity index (χ1v) is 9.74. The fourth-order valence-corrected chi connectivity index (χ4v) is 3.84. The van der Waals surface area contributed by atoms with Crippen molar-refractivity contribution >= 4 is 35.2 Å². The molecular weight excluding hydrogens is 376 g/mol. The van der Waals surface area contributed by atoms with E-state index in [0.29, 0.717) is 24.1 Å². The number of hydrogen-bond acceptors (Lipinski definition) is 6. The van der Waals surface area contributed by atoms with Gasteiger partial charge in [0.25, 0.3) is 5.91 Å². The minimum atomic E-state index is -1.11. The minimum absolute atomic E-state index is 0.0870. The molecule has 8 heteroatoms. The fraction of sp³-hybridized carbons (Fsp3) is 0.476. The highest BCUT2D eigenvalue weighted by Crippen LogP contribution is 2.37. The lowest BCUT2D eigenvalue weighted by Crippen LogP contribution is -2.39. The van der Waals surface area contributed by atoms with E-state index in [1.807, 2.05) is 0 Å². The largest absolute Gasteiger partial charge is 0.451 e. The summed E-state index contributed by atoms with van der Waals surface area (Å²) in [7, 11) is 0. The van der Waals surface area contributed by atoms with Gasteiger partial charge in [0, 0.05) is 11.3 Å². The predicted octanol–water partition coefficient (Wildman–Crippen LogP) is 1.93. The SMILES string of the molecule is CC(=O)c1ccc(NC(=O)[C@@H](C)OC(=O)CN2C(=O)[C@H]3CCCC[C@H]3C2=O)cc1. The first kappa shape index (κ1) is 20.7. The Morgan fingerprint density at radius 1 is 1.07 bits per heavy atom. The van der Waals surface area contributed by atoms with Crippen molar-refractivity contribution < 1.29 is 28.7 Å². The average Bonchev–Trinajstić information content (AvgIpc) is 2.93. The van der Waals surface area contributed by atoms with Crippen molar-refractivity contribution in [2.24, 2.45) is 11.8 Å². The molecule has 1 saturated heterocycles. The van der Waals surface area contributed by atoms with E-state index in [1.165, 1.54) is 13.8 Å². The number of esters is 1. The molecular formula is C21H24N2O6. The van der Waals surface area contributed by atoms with Crippen molar-refractivity contribution in [2.75, 3.05) is 11.9 Å². The summed E-state index contributed by atoms with van der Waals surface area (Å²) in [6, 6.07) is 6.32. The Morgan fingerprint density at radius 2 is 1.62 bits per heavy atom. The van der Waals surface area contributed by atoms with Crippen LogP contribution in [0, 0.1) is 11.8 Å². The van der Waals surface area contributed by atoms with E-state index in [4.69, 9.17) is 4.74 Å². The summed E-state index contributed by atoms with van der Waals surface area (Å²) < 4.78 is 5.11. The van der Waals surface area contributed by atoms with Crippen LogP contribution in [0.2, 0.25) is 0 Å². The Bertz CT molecular complexity index is 823. The number of carbonyl (C=O) groups is 5. The van der Waals surface area contributed by atoms with Gasteiger partial charge in [-0.3, -0.25) is 28.9 Å². The summed E-state index contributed by atoms with van der Waals surface area (Å²) in [5, 5.41) is 2.59. The molecule has 3 rings (SSSR count). The number of carbonyl (C=O) groups excluding carboxylic acids is 5. The third-order valence-electron chi connectivity index (χ3n) is 5.46. The number of nitrogens with zero attached hydrogens (tertiary/aromatic N) is 1. The van der Waals surface area contributed by atoms with Crippen LogP contribution >= 0.6 is 0 Å². The summed E-state index contributed by atoms with van der Waals surface area (Å²) in [5.41, 5.74) is 0.972. The second-order valence-electron chi connectivity index (χ2n) is 7.51. The Morgan fingerprint density at radius 3 is 2.14 bits per heavy atom. The molecule has 3 amide bonds. The van der Waals surface area contributed by atoms with Crippen molar-refractivity contribution in [3.8, 4) is 0 Å². The summed E-state index contributed by atoms with van der Waals surface area (Å²) in [5.74, 6) is -2.75. The Labute approximate surface area is 168 Å². The van der Waals surface area contributed by atoms with Crippen molar-refractivity contribution in [1.82, 2.24) is 4.90 Å². The highest BCUT2D eigenvalue weighted by Gasteiger charge is 2.48. The molecule has 0 radical (unpaired) electrons. The molecule has 1 aliphatic carbocycles. The molecule has 1 aromatic carbocycles. The highest BCUT2D eigenvalue weighted by atomic mass is 16.5. The second kappa shape index (κ2) is 8.55. The number of amides is 3. The second-order valence-corrected chi connectivity index (χ2v) is 7.51. The van der Waals surface area contributed by atoms with E-state index < -0.39 is 24.5 Å². The number of benzene rings is 1. The summed E-state index contributed by atoms with van der Waals surface area (Å²) in [6.45, 7) is 2.38. The van der Waals surface area contributed by atoms with E-state index in [9.17, 15) is 24.0 Å². The summed E-state index contributed by atoms with van der Waals surface area (Å²) in [4.78, 5) is 61.5. The minimum Gasteiger partial charge on any atom is -0.451 e. The molecule has 0 spiro atoms. The molecule has 1 aromatic rings. The molecule has 3 atom stereocenters. The topological polar surface area (TPSA) is 110 Å². The maximum atomic E-state index is 12.4. The van der Waals surface area contributed by atoms with Gasteiger partial charge in [-0.15, -0.1) is 0 Å². The van der Waals surface area contributed by atoms with Gasteiger partial charge < -0.3 is 10.1 Å². The zero-order valence-electron chi connectivity index (χ0n) is 16.5. The van der Waals surface area contributed by atoms with Crippen LogP contribution in [0.1, 0.15) is 49.9 Å². The smallest absolute Gasteiger partial charge is 0.326 e. The van der Waals surface area contributed by atoms with Crippen LogP contribution < -0.4 is 5.32 Å². The molecule has 1 saturated carbocycles. The maximum absolute atomic E-state index is 12.4. The molecule has 2 fully saturated rings. The van der Waals surface area contributed by atoms with Gasteiger partial charge in [-0.05, 0) is 51.0 Å². The maximum Gasteiger partial charge on any atom is 0.326 e. The zero-order chi connectivity index (χ0) is 21.1. The van der Waals surface area contributed by atoms with Crippen LogP contribution in [-0.4, -0.2) is 47.0 Å².